The molecule has 4 nitrogen and oxygen atoms in total. The zero-order chi connectivity index (χ0) is 14.5. The lowest BCUT2D eigenvalue weighted by molar-refractivity contribution is 0.322. The molecule has 1 aromatic carbocycles. The van der Waals surface area contributed by atoms with Gasteiger partial charge < -0.3 is 19.5 Å². The van der Waals surface area contributed by atoms with Gasteiger partial charge >= 0.3 is 0 Å². The fourth-order valence-corrected chi connectivity index (χ4v) is 2.59. The molecule has 1 aliphatic carbocycles. The maximum atomic E-state index is 5.42. The van der Waals surface area contributed by atoms with Gasteiger partial charge in [0.2, 0.25) is 5.75 Å². The number of benzene rings is 1. The second-order valence-electron chi connectivity index (χ2n) is 5.32. The van der Waals surface area contributed by atoms with Crippen LogP contribution in [0.5, 0.6) is 17.2 Å². The molecule has 1 saturated carbocycles. The van der Waals surface area contributed by atoms with Crippen molar-refractivity contribution in [3.63, 3.8) is 0 Å². The van der Waals surface area contributed by atoms with Crippen molar-refractivity contribution in [1.29, 1.82) is 0 Å². The Kier molecular flexibility index (Phi) is 5.12. The van der Waals surface area contributed by atoms with Crippen LogP contribution in [0.4, 0.5) is 0 Å². The average Bonchev–Trinajstić information content (AvgIpc) is 3.30. The molecule has 1 fully saturated rings. The maximum Gasteiger partial charge on any atom is 0.203 e. The van der Waals surface area contributed by atoms with E-state index < -0.39 is 0 Å². The lowest BCUT2D eigenvalue weighted by Crippen LogP contribution is -2.17. The Morgan fingerprint density at radius 3 is 2.10 bits per heavy atom. The maximum absolute atomic E-state index is 5.42. The molecule has 1 unspecified atom stereocenters. The van der Waals surface area contributed by atoms with Crippen molar-refractivity contribution in [2.45, 2.75) is 31.7 Å². The summed E-state index contributed by atoms with van der Waals surface area (Å²) in [4.78, 5) is 0. The molecule has 0 aliphatic heterocycles. The lowest BCUT2D eigenvalue weighted by atomic mass is 9.99. The van der Waals surface area contributed by atoms with E-state index in [1.54, 1.807) is 21.3 Å². The van der Waals surface area contributed by atoms with Crippen molar-refractivity contribution in [3.8, 4) is 17.2 Å². The highest BCUT2D eigenvalue weighted by atomic mass is 16.5. The molecule has 0 saturated heterocycles. The third-order valence-electron chi connectivity index (χ3n) is 4.00. The van der Waals surface area contributed by atoms with E-state index in [1.165, 1.54) is 24.8 Å². The van der Waals surface area contributed by atoms with Gasteiger partial charge in [0.05, 0.1) is 21.3 Å². The zero-order valence-electron chi connectivity index (χ0n) is 12.9. The molecule has 112 valence electrons. The molecule has 0 amide bonds. The van der Waals surface area contributed by atoms with Crippen LogP contribution in [0, 0.1) is 5.92 Å². The van der Waals surface area contributed by atoms with Gasteiger partial charge in [0.15, 0.2) is 11.5 Å². The molecular formula is C16H25NO3. The van der Waals surface area contributed by atoms with Crippen molar-refractivity contribution in [2.24, 2.45) is 5.92 Å². The minimum Gasteiger partial charge on any atom is -0.493 e. The highest BCUT2D eigenvalue weighted by Gasteiger charge is 2.24. The van der Waals surface area contributed by atoms with Gasteiger partial charge in [-0.2, -0.15) is 0 Å². The summed E-state index contributed by atoms with van der Waals surface area (Å²) in [6, 6.07) is 4.40. The summed E-state index contributed by atoms with van der Waals surface area (Å²) in [7, 11) is 6.93. The van der Waals surface area contributed by atoms with Gasteiger partial charge in [0, 0.05) is 6.04 Å². The average molecular weight is 279 g/mol. The second-order valence-corrected chi connectivity index (χ2v) is 5.32. The zero-order valence-corrected chi connectivity index (χ0v) is 12.9. The summed E-state index contributed by atoms with van der Waals surface area (Å²) >= 11 is 0. The van der Waals surface area contributed by atoms with Crippen molar-refractivity contribution >= 4 is 0 Å². The van der Waals surface area contributed by atoms with E-state index in [2.05, 4.69) is 5.32 Å². The first-order valence-electron chi connectivity index (χ1n) is 7.20. The number of hydrogen-bond donors (Lipinski definition) is 1. The van der Waals surface area contributed by atoms with Crippen molar-refractivity contribution in [1.82, 2.24) is 5.32 Å². The predicted molar refractivity (Wildman–Crippen MR) is 79.9 cm³/mol. The standard InChI is InChI=1S/C16H25NO3/c1-17-13(8-7-11-5-6-11)12-9-14(18-2)16(20-4)15(10-12)19-3/h9-11,13,17H,5-8H2,1-4H3. The monoisotopic (exact) mass is 279 g/mol. The molecule has 1 aromatic rings. The molecule has 2 rings (SSSR count). The van der Waals surface area contributed by atoms with Gasteiger partial charge in [-0.25, -0.2) is 0 Å². The minimum absolute atomic E-state index is 0.323. The molecule has 0 spiro atoms. The Hall–Kier alpha value is -1.42. The molecule has 0 heterocycles. The van der Waals surface area contributed by atoms with Crippen LogP contribution in [0.3, 0.4) is 0 Å². The Bertz CT molecular complexity index is 418. The number of nitrogens with one attached hydrogen (secondary N) is 1. The van der Waals surface area contributed by atoms with Crippen LogP contribution in [-0.2, 0) is 0 Å². The summed E-state index contributed by atoms with van der Waals surface area (Å²) in [5.41, 5.74) is 1.18. The highest BCUT2D eigenvalue weighted by Crippen LogP contribution is 2.41. The third kappa shape index (κ3) is 3.37. The van der Waals surface area contributed by atoms with E-state index in [1.807, 2.05) is 19.2 Å². The summed E-state index contributed by atoms with van der Waals surface area (Å²) in [6.45, 7) is 0. The van der Waals surface area contributed by atoms with E-state index >= 15 is 0 Å². The van der Waals surface area contributed by atoms with Gasteiger partial charge in [0.1, 0.15) is 0 Å². The second kappa shape index (κ2) is 6.84. The first-order chi connectivity index (χ1) is 9.73. The fraction of sp³-hybridized carbons (Fsp3) is 0.625. The molecule has 1 aliphatic rings. The van der Waals surface area contributed by atoms with Crippen LogP contribution < -0.4 is 19.5 Å². The van der Waals surface area contributed by atoms with Gasteiger partial charge in [-0.15, -0.1) is 0 Å². The van der Waals surface area contributed by atoms with Crippen LogP contribution in [0.1, 0.15) is 37.3 Å². The highest BCUT2D eigenvalue weighted by molar-refractivity contribution is 5.54. The van der Waals surface area contributed by atoms with E-state index in [0.29, 0.717) is 23.3 Å². The Labute approximate surface area is 121 Å². The van der Waals surface area contributed by atoms with Crippen LogP contribution in [0.25, 0.3) is 0 Å². The molecule has 0 radical (unpaired) electrons. The van der Waals surface area contributed by atoms with Gasteiger partial charge in [-0.3, -0.25) is 0 Å². The number of ether oxygens (including phenoxy) is 3. The predicted octanol–water partition coefficient (Wildman–Crippen LogP) is 3.16. The topological polar surface area (TPSA) is 39.7 Å². The van der Waals surface area contributed by atoms with Gasteiger partial charge in [-0.05, 0) is 43.5 Å². The molecule has 0 bridgehead atoms. The first kappa shape index (κ1) is 15.0. The normalized spacial score (nSPS) is 15.8. The number of rotatable bonds is 8. The largest absolute Gasteiger partial charge is 0.493 e. The van der Waals surface area contributed by atoms with E-state index in [0.717, 1.165) is 12.3 Å². The first-order valence-corrected chi connectivity index (χ1v) is 7.20. The molecule has 1 atom stereocenters. The lowest BCUT2D eigenvalue weighted by Gasteiger charge is -2.20. The van der Waals surface area contributed by atoms with Gasteiger partial charge in [0.25, 0.3) is 0 Å². The van der Waals surface area contributed by atoms with E-state index in [4.69, 9.17) is 14.2 Å². The minimum atomic E-state index is 0.323. The van der Waals surface area contributed by atoms with Crippen molar-refractivity contribution in [3.05, 3.63) is 17.7 Å². The summed E-state index contributed by atoms with van der Waals surface area (Å²) in [5, 5.41) is 3.39. The van der Waals surface area contributed by atoms with Crippen molar-refractivity contribution in [2.75, 3.05) is 28.4 Å². The quantitative estimate of drug-likeness (QED) is 0.793. The molecular weight excluding hydrogens is 254 g/mol. The van der Waals surface area contributed by atoms with Crippen LogP contribution in [-0.4, -0.2) is 28.4 Å². The Balaban J connectivity index is 2.23. The Morgan fingerprint density at radius 2 is 1.70 bits per heavy atom. The smallest absolute Gasteiger partial charge is 0.203 e. The summed E-state index contributed by atoms with van der Waals surface area (Å²) in [5.74, 6) is 3.02. The third-order valence-corrected chi connectivity index (χ3v) is 4.00. The fourth-order valence-electron chi connectivity index (χ4n) is 2.59. The summed E-state index contributed by atoms with van der Waals surface area (Å²) in [6.07, 6.45) is 5.21. The Morgan fingerprint density at radius 1 is 1.10 bits per heavy atom. The molecule has 4 heteroatoms. The number of methoxy groups -OCH3 is 3. The number of hydrogen-bond acceptors (Lipinski definition) is 4. The van der Waals surface area contributed by atoms with Crippen LogP contribution >= 0.6 is 0 Å². The van der Waals surface area contributed by atoms with Crippen molar-refractivity contribution < 1.29 is 14.2 Å². The van der Waals surface area contributed by atoms with Crippen LogP contribution in [0.15, 0.2) is 12.1 Å². The molecule has 20 heavy (non-hydrogen) atoms. The van der Waals surface area contributed by atoms with Crippen LogP contribution in [0.2, 0.25) is 0 Å². The molecule has 1 N–H and O–H groups in total. The van der Waals surface area contributed by atoms with E-state index in [-0.39, 0.29) is 0 Å². The molecule has 0 aromatic heterocycles. The SMILES string of the molecule is CNC(CCC1CC1)c1cc(OC)c(OC)c(OC)c1. The van der Waals surface area contributed by atoms with Gasteiger partial charge in [-0.1, -0.05) is 12.8 Å². The van der Waals surface area contributed by atoms with E-state index in [9.17, 15) is 0 Å². The summed E-state index contributed by atoms with van der Waals surface area (Å²) < 4.78 is 16.2.